The maximum absolute atomic E-state index is 12.7. The van der Waals surface area contributed by atoms with E-state index < -0.39 is 33.2 Å². The molecule has 0 heterocycles. The van der Waals surface area contributed by atoms with Crippen LogP contribution in [0.1, 0.15) is 296 Å². The van der Waals surface area contributed by atoms with Crippen LogP contribution in [-0.4, -0.2) is 66.3 Å². The van der Waals surface area contributed by atoms with E-state index in [2.05, 4.69) is 13.8 Å². The lowest BCUT2D eigenvalue weighted by Gasteiger charge is -2.20. The lowest BCUT2D eigenvalue weighted by molar-refractivity contribution is -0.154. The number of phosphoric ester groups is 1. The summed E-state index contributed by atoms with van der Waals surface area (Å²) < 4.78 is 33.5. The zero-order chi connectivity index (χ0) is 46.7. The number of unbranched alkanes of at least 4 members (excludes halogenated alkanes) is 41. The third-order valence-corrected chi connectivity index (χ3v) is 13.7. The Bertz CT molecular complexity index is 969. The third kappa shape index (κ3) is 50.9. The quantitative estimate of drug-likeness (QED) is 0.0310. The molecule has 0 fully saturated rings. The molecule has 384 valence electrons. The monoisotopic (exact) mass is 933 g/mol. The van der Waals surface area contributed by atoms with E-state index in [1.807, 2.05) is 0 Å². The molecule has 0 aromatic rings. The second-order valence-electron chi connectivity index (χ2n) is 19.3. The molecule has 0 bridgehead atoms. The molecule has 1 unspecified atom stereocenters. The van der Waals surface area contributed by atoms with Gasteiger partial charge in [0.05, 0.1) is 26.4 Å². The van der Waals surface area contributed by atoms with Gasteiger partial charge in [-0.05, 0) is 12.8 Å². The van der Waals surface area contributed by atoms with Gasteiger partial charge in [-0.1, -0.05) is 277 Å². The highest BCUT2D eigenvalue weighted by molar-refractivity contribution is 7.47. The van der Waals surface area contributed by atoms with Crippen molar-refractivity contribution >= 4 is 13.8 Å². The molecule has 0 aromatic heterocycles. The fourth-order valence-corrected chi connectivity index (χ4v) is 9.33. The molecular formula is C54H109O9P. The summed E-state index contributed by atoms with van der Waals surface area (Å²) >= 11 is 0. The van der Waals surface area contributed by atoms with E-state index in [-0.39, 0.29) is 25.6 Å². The minimum Gasteiger partial charge on any atom is -0.457 e. The standard InChI is InChI=1S/C54H109O9P/c1-3-5-7-9-11-13-15-17-18-19-20-21-22-23-24-25-26-27-28-29-30-31-32-33-34-35-36-38-40-42-44-46-54(57)63-53(51-62-64(58,59)61-49-52(56)48-55)50-60-47-45-43-41-39-37-16-14-12-10-8-6-4-2/h52-53,55-56H,3-51H2,1-2H3,(H,58,59)/t52-,53+/m0/s1. The Balaban J connectivity index is 3.81. The Hall–Kier alpha value is -0.540. The summed E-state index contributed by atoms with van der Waals surface area (Å²) in [7, 11) is -4.51. The molecule has 9 nitrogen and oxygen atoms in total. The molecule has 0 aliphatic heterocycles. The zero-order valence-electron chi connectivity index (χ0n) is 42.5. The van der Waals surface area contributed by atoms with Crippen molar-refractivity contribution in [3.8, 4) is 0 Å². The van der Waals surface area contributed by atoms with Crippen LogP contribution in [0.15, 0.2) is 0 Å². The number of aliphatic hydroxyl groups excluding tert-OH is 2. The second kappa shape index (κ2) is 51.8. The van der Waals surface area contributed by atoms with E-state index >= 15 is 0 Å². The fourth-order valence-electron chi connectivity index (χ4n) is 8.54. The molecule has 0 aromatic carbocycles. The molecule has 0 aliphatic carbocycles. The predicted molar refractivity (Wildman–Crippen MR) is 270 cm³/mol. The molecule has 0 saturated heterocycles. The van der Waals surface area contributed by atoms with Gasteiger partial charge in [0.25, 0.3) is 0 Å². The number of carbonyl (C=O) groups excluding carboxylic acids is 1. The van der Waals surface area contributed by atoms with Crippen molar-refractivity contribution in [2.75, 3.05) is 33.0 Å². The number of hydrogen-bond acceptors (Lipinski definition) is 8. The number of aliphatic hydroxyl groups is 2. The van der Waals surface area contributed by atoms with Crippen molar-refractivity contribution in [3.05, 3.63) is 0 Å². The second-order valence-corrected chi connectivity index (χ2v) is 20.8. The summed E-state index contributed by atoms with van der Waals surface area (Å²) in [4.78, 5) is 22.7. The van der Waals surface area contributed by atoms with Crippen molar-refractivity contribution in [1.82, 2.24) is 0 Å². The number of rotatable bonds is 55. The molecule has 0 saturated carbocycles. The summed E-state index contributed by atoms with van der Waals surface area (Å²) in [5.74, 6) is -0.373. The summed E-state index contributed by atoms with van der Waals surface area (Å²) in [6, 6.07) is 0. The van der Waals surface area contributed by atoms with Crippen LogP contribution in [0.25, 0.3) is 0 Å². The van der Waals surface area contributed by atoms with Gasteiger partial charge in [-0.15, -0.1) is 0 Å². The molecular weight excluding hydrogens is 824 g/mol. The van der Waals surface area contributed by atoms with Crippen LogP contribution in [0.2, 0.25) is 0 Å². The zero-order valence-corrected chi connectivity index (χ0v) is 43.4. The van der Waals surface area contributed by atoms with Gasteiger partial charge >= 0.3 is 13.8 Å². The molecule has 0 amide bonds. The van der Waals surface area contributed by atoms with Crippen molar-refractivity contribution in [3.63, 3.8) is 0 Å². The van der Waals surface area contributed by atoms with Crippen molar-refractivity contribution in [2.24, 2.45) is 0 Å². The summed E-state index contributed by atoms with van der Waals surface area (Å²) in [5.41, 5.74) is 0. The maximum Gasteiger partial charge on any atom is 0.472 e. The van der Waals surface area contributed by atoms with E-state index in [1.165, 1.54) is 244 Å². The van der Waals surface area contributed by atoms with Gasteiger partial charge < -0.3 is 24.6 Å². The number of hydrogen-bond donors (Lipinski definition) is 3. The van der Waals surface area contributed by atoms with E-state index in [4.69, 9.17) is 23.6 Å². The highest BCUT2D eigenvalue weighted by atomic mass is 31.2. The Morgan fingerprint density at radius 1 is 0.422 bits per heavy atom. The molecule has 0 aliphatic rings. The van der Waals surface area contributed by atoms with Gasteiger partial charge in [0.1, 0.15) is 12.2 Å². The third-order valence-electron chi connectivity index (χ3n) is 12.8. The van der Waals surface area contributed by atoms with Crippen molar-refractivity contribution in [2.45, 2.75) is 309 Å². The SMILES string of the molecule is CCCCCCCCCCCCCCCCCCCCCCCCCCCCCCCCCC(=O)O[C@H](COCCCCCCCCCCCCCC)COP(=O)(O)OC[C@@H](O)CO. The number of phosphoric acid groups is 1. The first-order valence-electron chi connectivity index (χ1n) is 28.0. The number of ether oxygens (including phenoxy) is 2. The van der Waals surface area contributed by atoms with Gasteiger partial charge in [-0.3, -0.25) is 13.8 Å². The van der Waals surface area contributed by atoms with Gasteiger partial charge in [0.2, 0.25) is 0 Å². The molecule has 64 heavy (non-hydrogen) atoms. The first-order valence-corrected chi connectivity index (χ1v) is 29.5. The Kier molecular flexibility index (Phi) is 51.4. The van der Waals surface area contributed by atoms with Gasteiger partial charge in [-0.2, -0.15) is 0 Å². The molecule has 10 heteroatoms. The average molecular weight is 933 g/mol. The van der Waals surface area contributed by atoms with Crippen LogP contribution >= 0.6 is 7.82 Å². The Morgan fingerprint density at radius 3 is 1.02 bits per heavy atom. The molecule has 3 N–H and O–H groups in total. The van der Waals surface area contributed by atoms with Crippen LogP contribution in [-0.2, 0) is 27.9 Å². The van der Waals surface area contributed by atoms with Gasteiger partial charge in [0, 0.05) is 13.0 Å². The molecule has 0 rings (SSSR count). The Labute approximate surface area is 397 Å². The van der Waals surface area contributed by atoms with Crippen LogP contribution in [0.3, 0.4) is 0 Å². The summed E-state index contributed by atoms with van der Waals surface area (Å²) in [6.45, 7) is 3.60. The van der Waals surface area contributed by atoms with E-state index in [1.54, 1.807) is 0 Å². The minimum atomic E-state index is -4.51. The topological polar surface area (TPSA) is 132 Å². The van der Waals surface area contributed by atoms with E-state index in [9.17, 15) is 19.4 Å². The van der Waals surface area contributed by atoms with Gasteiger partial charge in [0.15, 0.2) is 0 Å². The van der Waals surface area contributed by atoms with E-state index in [0.717, 1.165) is 32.1 Å². The molecule has 0 radical (unpaired) electrons. The summed E-state index contributed by atoms with van der Waals surface area (Å²) in [5, 5.41) is 18.4. The van der Waals surface area contributed by atoms with Crippen LogP contribution in [0, 0.1) is 0 Å². The number of esters is 1. The first kappa shape index (κ1) is 63.5. The van der Waals surface area contributed by atoms with Gasteiger partial charge in [-0.25, -0.2) is 4.57 Å². The van der Waals surface area contributed by atoms with Crippen LogP contribution < -0.4 is 0 Å². The van der Waals surface area contributed by atoms with E-state index in [0.29, 0.717) is 6.61 Å². The lowest BCUT2D eigenvalue weighted by Crippen LogP contribution is -2.29. The summed E-state index contributed by atoms with van der Waals surface area (Å²) in [6.07, 6.45) is 55.3. The Morgan fingerprint density at radius 2 is 0.703 bits per heavy atom. The van der Waals surface area contributed by atoms with Crippen molar-refractivity contribution < 1.29 is 43.0 Å². The van der Waals surface area contributed by atoms with Crippen LogP contribution in [0.4, 0.5) is 0 Å². The highest BCUT2D eigenvalue weighted by Gasteiger charge is 2.26. The fraction of sp³-hybridized carbons (Fsp3) is 0.981. The lowest BCUT2D eigenvalue weighted by atomic mass is 10.0. The molecule has 0 spiro atoms. The average Bonchev–Trinajstić information content (AvgIpc) is 3.29. The van der Waals surface area contributed by atoms with Crippen molar-refractivity contribution in [1.29, 1.82) is 0 Å². The minimum absolute atomic E-state index is 0.0582. The van der Waals surface area contributed by atoms with Crippen LogP contribution in [0.5, 0.6) is 0 Å². The largest absolute Gasteiger partial charge is 0.472 e. The normalized spacial score (nSPS) is 13.6. The number of carbonyl (C=O) groups is 1. The first-order chi connectivity index (χ1) is 31.3. The maximum atomic E-state index is 12.7. The predicted octanol–water partition coefficient (Wildman–Crippen LogP) is 16.6. The smallest absolute Gasteiger partial charge is 0.457 e. The molecule has 3 atom stereocenters. The highest BCUT2D eigenvalue weighted by Crippen LogP contribution is 2.43.